The molecule has 1 atom stereocenters. The van der Waals surface area contributed by atoms with Gasteiger partial charge in [0.15, 0.2) is 0 Å². The predicted octanol–water partition coefficient (Wildman–Crippen LogP) is 3.04. The van der Waals surface area contributed by atoms with Gasteiger partial charge in [0.1, 0.15) is 10.6 Å². The van der Waals surface area contributed by atoms with Crippen molar-refractivity contribution < 1.29 is 22.0 Å². The molecule has 0 bridgehead atoms. The van der Waals surface area contributed by atoms with E-state index >= 15 is 0 Å². The van der Waals surface area contributed by atoms with E-state index in [1.165, 1.54) is 12.1 Å². The largest absolute Gasteiger partial charge is 0.455 e. The van der Waals surface area contributed by atoms with Gasteiger partial charge in [0.05, 0.1) is 5.69 Å². The first-order chi connectivity index (χ1) is 7.16. The average Bonchev–Trinajstić information content (AvgIpc) is 2.14. The van der Waals surface area contributed by atoms with E-state index in [2.05, 4.69) is 20.9 Å². The molecule has 0 aliphatic heterocycles. The topological polar surface area (TPSA) is 38.9 Å². The Morgan fingerprint density at radius 3 is 2.19 bits per heavy atom. The minimum absolute atomic E-state index is 0.137. The summed E-state index contributed by atoms with van der Waals surface area (Å²) in [5.41, 5.74) is 4.34. The molecular weight excluding hydrogens is 299 g/mol. The lowest BCUT2D eigenvalue weighted by Crippen LogP contribution is -2.46. The average molecular weight is 305 g/mol. The molecule has 90 valence electrons. The zero-order chi connectivity index (χ0) is 12.6. The summed E-state index contributed by atoms with van der Waals surface area (Å²) in [6.45, 7) is 0. The maximum Gasteiger partial charge on any atom is 0.455 e. The lowest BCUT2D eigenvalue weighted by atomic mass is 10.1. The van der Waals surface area contributed by atoms with Crippen LogP contribution in [0.25, 0.3) is 0 Å². The van der Waals surface area contributed by atoms with Crippen molar-refractivity contribution in [3.05, 3.63) is 28.5 Å². The van der Waals surface area contributed by atoms with Crippen LogP contribution < -0.4 is 5.73 Å². The first-order valence-corrected chi connectivity index (χ1v) is 4.78. The molecule has 0 aliphatic carbocycles. The highest BCUT2D eigenvalue weighted by Gasteiger charge is 2.62. The Morgan fingerprint density at radius 2 is 1.75 bits per heavy atom. The third kappa shape index (κ3) is 2.49. The second-order valence-electron chi connectivity index (χ2n) is 2.98. The van der Waals surface area contributed by atoms with Gasteiger partial charge in [-0.25, -0.2) is 4.98 Å². The number of rotatable bonds is 2. The molecule has 0 fully saturated rings. The Labute approximate surface area is 95.8 Å². The summed E-state index contributed by atoms with van der Waals surface area (Å²) in [5.74, 6) is -5.01. The quantitative estimate of drug-likeness (QED) is 0.674. The molecule has 0 saturated carbocycles. The zero-order valence-electron chi connectivity index (χ0n) is 7.60. The molecule has 0 spiro atoms. The SMILES string of the molecule is N[C@H](c1cccc(Br)n1)C(F)(F)C(F)(F)F. The molecular formula is C8H6BrF5N2. The third-order valence-corrected chi connectivity index (χ3v) is 2.27. The van der Waals surface area contributed by atoms with Gasteiger partial charge >= 0.3 is 12.1 Å². The fraction of sp³-hybridized carbons (Fsp3) is 0.375. The zero-order valence-corrected chi connectivity index (χ0v) is 9.19. The summed E-state index contributed by atoms with van der Waals surface area (Å²) < 4.78 is 61.8. The molecule has 0 saturated heterocycles. The van der Waals surface area contributed by atoms with Crippen LogP contribution in [0.5, 0.6) is 0 Å². The van der Waals surface area contributed by atoms with Gasteiger partial charge in [-0.05, 0) is 28.1 Å². The van der Waals surface area contributed by atoms with Gasteiger partial charge in [-0.3, -0.25) is 0 Å². The molecule has 2 N–H and O–H groups in total. The molecule has 0 aliphatic rings. The summed E-state index contributed by atoms with van der Waals surface area (Å²) in [7, 11) is 0. The summed E-state index contributed by atoms with van der Waals surface area (Å²) >= 11 is 2.85. The monoisotopic (exact) mass is 304 g/mol. The van der Waals surface area contributed by atoms with Crippen LogP contribution in [0, 0.1) is 0 Å². The van der Waals surface area contributed by atoms with Crippen LogP contribution in [-0.4, -0.2) is 17.1 Å². The fourth-order valence-corrected chi connectivity index (χ4v) is 1.32. The van der Waals surface area contributed by atoms with Crippen LogP contribution in [-0.2, 0) is 0 Å². The van der Waals surface area contributed by atoms with Gasteiger partial charge in [-0.15, -0.1) is 0 Å². The van der Waals surface area contributed by atoms with Crippen LogP contribution >= 0.6 is 15.9 Å². The number of hydrogen-bond donors (Lipinski definition) is 1. The fourth-order valence-electron chi connectivity index (χ4n) is 0.959. The van der Waals surface area contributed by atoms with E-state index in [0.717, 1.165) is 6.07 Å². The molecule has 0 aromatic carbocycles. The summed E-state index contributed by atoms with van der Waals surface area (Å²) in [4.78, 5) is 3.46. The molecule has 1 aromatic rings. The van der Waals surface area contributed by atoms with Crippen LogP contribution in [0.2, 0.25) is 0 Å². The maximum absolute atomic E-state index is 12.8. The number of alkyl halides is 5. The maximum atomic E-state index is 12.8. The van der Waals surface area contributed by atoms with Crippen molar-refractivity contribution >= 4 is 15.9 Å². The van der Waals surface area contributed by atoms with Crippen molar-refractivity contribution in [3.8, 4) is 0 Å². The Bertz CT molecular complexity index is 379. The van der Waals surface area contributed by atoms with E-state index in [1.807, 2.05) is 0 Å². The van der Waals surface area contributed by atoms with Gasteiger partial charge in [0.25, 0.3) is 0 Å². The number of aromatic nitrogens is 1. The highest BCUT2D eigenvalue weighted by atomic mass is 79.9. The van der Waals surface area contributed by atoms with E-state index in [4.69, 9.17) is 5.73 Å². The highest BCUT2D eigenvalue weighted by molar-refractivity contribution is 9.10. The van der Waals surface area contributed by atoms with Crippen molar-refractivity contribution in [1.29, 1.82) is 0 Å². The van der Waals surface area contributed by atoms with Gasteiger partial charge < -0.3 is 5.73 Å². The molecule has 1 rings (SSSR count). The number of halogens is 6. The highest BCUT2D eigenvalue weighted by Crippen LogP contribution is 2.42. The lowest BCUT2D eigenvalue weighted by Gasteiger charge is -2.25. The van der Waals surface area contributed by atoms with E-state index in [0.29, 0.717) is 0 Å². The van der Waals surface area contributed by atoms with Crippen molar-refractivity contribution in [2.24, 2.45) is 5.73 Å². The molecule has 16 heavy (non-hydrogen) atoms. The second-order valence-corrected chi connectivity index (χ2v) is 3.80. The van der Waals surface area contributed by atoms with Gasteiger partial charge in [0, 0.05) is 0 Å². The molecule has 2 nitrogen and oxygen atoms in total. The molecule has 0 radical (unpaired) electrons. The number of pyridine rings is 1. The van der Waals surface area contributed by atoms with Gasteiger partial charge in [0.2, 0.25) is 0 Å². The first-order valence-electron chi connectivity index (χ1n) is 3.99. The molecule has 0 unspecified atom stereocenters. The minimum atomic E-state index is -5.70. The van der Waals surface area contributed by atoms with Crippen LogP contribution in [0.1, 0.15) is 11.7 Å². The van der Waals surface area contributed by atoms with Gasteiger partial charge in [-0.1, -0.05) is 6.07 Å². The lowest BCUT2D eigenvalue weighted by molar-refractivity contribution is -0.291. The third-order valence-electron chi connectivity index (χ3n) is 1.82. The van der Waals surface area contributed by atoms with E-state index in [1.54, 1.807) is 0 Å². The van der Waals surface area contributed by atoms with Crippen molar-refractivity contribution in [1.82, 2.24) is 4.98 Å². The summed E-state index contributed by atoms with van der Waals surface area (Å²) in [6, 6.07) is 1.15. The Hall–Kier alpha value is -0.760. The molecule has 8 heteroatoms. The van der Waals surface area contributed by atoms with Crippen LogP contribution in [0.3, 0.4) is 0 Å². The van der Waals surface area contributed by atoms with E-state index in [9.17, 15) is 22.0 Å². The predicted molar refractivity (Wildman–Crippen MR) is 49.9 cm³/mol. The molecule has 1 aromatic heterocycles. The number of hydrogen-bond acceptors (Lipinski definition) is 2. The summed E-state index contributed by atoms with van der Waals surface area (Å²) in [5, 5.41) is 0. The molecule has 0 amide bonds. The smallest absolute Gasteiger partial charge is 0.317 e. The second kappa shape index (κ2) is 4.25. The van der Waals surface area contributed by atoms with Crippen LogP contribution in [0.4, 0.5) is 22.0 Å². The van der Waals surface area contributed by atoms with E-state index in [-0.39, 0.29) is 4.60 Å². The number of nitrogens with two attached hydrogens (primary N) is 1. The Morgan fingerprint density at radius 1 is 1.19 bits per heavy atom. The number of nitrogens with zero attached hydrogens (tertiary/aromatic N) is 1. The first kappa shape index (κ1) is 13.3. The van der Waals surface area contributed by atoms with E-state index < -0.39 is 23.8 Å². The molecule has 1 heterocycles. The Balaban J connectivity index is 3.07. The normalized spacial score (nSPS) is 14.9. The van der Waals surface area contributed by atoms with Crippen molar-refractivity contribution in [2.45, 2.75) is 18.1 Å². The summed E-state index contributed by atoms with van der Waals surface area (Å²) in [6.07, 6.45) is -5.70. The Kier molecular flexibility index (Phi) is 3.53. The van der Waals surface area contributed by atoms with Crippen molar-refractivity contribution in [3.63, 3.8) is 0 Å². The van der Waals surface area contributed by atoms with Gasteiger partial charge in [-0.2, -0.15) is 22.0 Å². The van der Waals surface area contributed by atoms with Crippen LogP contribution in [0.15, 0.2) is 22.8 Å². The van der Waals surface area contributed by atoms with Crippen molar-refractivity contribution in [2.75, 3.05) is 0 Å². The minimum Gasteiger partial charge on any atom is -0.317 e. The standard InChI is InChI=1S/C8H6BrF5N2/c9-5-3-1-2-4(16-5)6(15)7(10,11)8(12,13)14/h1-3,6H,15H2/t6-/m1/s1.